The molecule has 1 aromatic rings. The summed E-state index contributed by atoms with van der Waals surface area (Å²) in [6.45, 7) is 7.96. The molecule has 0 amide bonds. The molecule has 0 saturated heterocycles. The first-order valence-electron chi connectivity index (χ1n) is 7.36. The number of anilines is 2. The number of aryl methyl sites for hydroxylation is 1. The van der Waals surface area contributed by atoms with Crippen molar-refractivity contribution in [2.24, 2.45) is 0 Å². The molecule has 6 nitrogen and oxygen atoms in total. The maximum absolute atomic E-state index is 12.4. The monoisotopic (exact) mass is 328 g/mol. The molecule has 0 bridgehead atoms. The molecule has 1 aromatic carbocycles. The summed E-state index contributed by atoms with van der Waals surface area (Å²) in [6, 6.07) is 3.55. The maximum atomic E-state index is 12.4. The molecular formula is C15H25N2O4P. The van der Waals surface area contributed by atoms with Crippen LogP contribution < -0.4 is 11.1 Å². The summed E-state index contributed by atoms with van der Waals surface area (Å²) in [4.78, 5) is 11.5. The summed E-state index contributed by atoms with van der Waals surface area (Å²) in [5, 5.41) is 3.14. The number of nitrogens with two attached hydrogens (primary N) is 1. The van der Waals surface area contributed by atoms with Crippen molar-refractivity contribution >= 4 is 24.8 Å². The van der Waals surface area contributed by atoms with Gasteiger partial charge in [-0.2, -0.15) is 0 Å². The third kappa shape index (κ3) is 4.83. The SMILES string of the molecule is CCOP(=O)(CCNc1c(C)ccc(C(C)=O)c1N)OCC. The van der Waals surface area contributed by atoms with Gasteiger partial charge in [0.1, 0.15) is 0 Å². The zero-order chi connectivity index (χ0) is 16.8. The third-order valence-electron chi connectivity index (χ3n) is 3.17. The van der Waals surface area contributed by atoms with Gasteiger partial charge in [-0.15, -0.1) is 0 Å². The fourth-order valence-corrected chi connectivity index (χ4v) is 3.65. The summed E-state index contributed by atoms with van der Waals surface area (Å²) in [5.41, 5.74) is 8.54. The van der Waals surface area contributed by atoms with E-state index in [2.05, 4.69) is 5.32 Å². The van der Waals surface area contributed by atoms with Crippen molar-refractivity contribution in [3.8, 4) is 0 Å². The highest BCUT2D eigenvalue weighted by atomic mass is 31.2. The standard InChI is InChI=1S/C15H25N2O4P/c1-5-20-22(19,21-6-2)10-9-17-15-11(3)7-8-13(12(4)18)14(15)16/h7-8,17H,5-6,9-10,16H2,1-4H3. The highest BCUT2D eigenvalue weighted by Gasteiger charge is 2.23. The molecule has 0 aliphatic heterocycles. The van der Waals surface area contributed by atoms with Crippen molar-refractivity contribution < 1.29 is 18.4 Å². The fourth-order valence-electron chi connectivity index (χ4n) is 2.15. The van der Waals surface area contributed by atoms with E-state index < -0.39 is 7.60 Å². The van der Waals surface area contributed by atoms with Crippen molar-refractivity contribution in [1.82, 2.24) is 0 Å². The maximum Gasteiger partial charge on any atom is 0.332 e. The second-order valence-electron chi connectivity index (χ2n) is 4.87. The molecule has 0 spiro atoms. The molecule has 0 atom stereocenters. The Balaban J connectivity index is 2.82. The number of benzene rings is 1. The molecule has 0 heterocycles. The molecule has 0 saturated carbocycles. The zero-order valence-electron chi connectivity index (χ0n) is 13.6. The molecule has 0 radical (unpaired) electrons. The van der Waals surface area contributed by atoms with Crippen LogP contribution in [0, 0.1) is 6.92 Å². The summed E-state index contributed by atoms with van der Waals surface area (Å²) >= 11 is 0. The van der Waals surface area contributed by atoms with Crippen LogP contribution in [0.5, 0.6) is 0 Å². The van der Waals surface area contributed by atoms with Gasteiger partial charge in [0.05, 0.1) is 30.8 Å². The Morgan fingerprint density at radius 2 is 1.86 bits per heavy atom. The van der Waals surface area contributed by atoms with Crippen LogP contribution in [0.3, 0.4) is 0 Å². The minimum Gasteiger partial charge on any atom is -0.396 e. The largest absolute Gasteiger partial charge is 0.396 e. The number of ketones is 1. The number of Topliss-reactive ketones (excluding diaryl/α,β-unsaturated/α-hetero) is 1. The predicted octanol–water partition coefficient (Wildman–Crippen LogP) is 3.46. The smallest absolute Gasteiger partial charge is 0.332 e. The van der Waals surface area contributed by atoms with Gasteiger partial charge in [0.15, 0.2) is 5.78 Å². The average molecular weight is 328 g/mol. The number of rotatable bonds is 9. The predicted molar refractivity (Wildman–Crippen MR) is 89.8 cm³/mol. The summed E-state index contributed by atoms with van der Waals surface area (Å²) in [7, 11) is -3.09. The van der Waals surface area contributed by atoms with E-state index in [4.69, 9.17) is 14.8 Å². The van der Waals surface area contributed by atoms with E-state index in [9.17, 15) is 9.36 Å². The van der Waals surface area contributed by atoms with Gasteiger partial charge in [0.25, 0.3) is 0 Å². The molecule has 1 rings (SSSR count). The van der Waals surface area contributed by atoms with Crippen LogP contribution in [-0.4, -0.2) is 31.7 Å². The lowest BCUT2D eigenvalue weighted by Crippen LogP contribution is -2.13. The van der Waals surface area contributed by atoms with Crippen molar-refractivity contribution in [3.63, 3.8) is 0 Å². The number of nitrogen functional groups attached to an aromatic ring is 1. The average Bonchev–Trinajstić information content (AvgIpc) is 2.42. The van der Waals surface area contributed by atoms with Crippen LogP contribution >= 0.6 is 7.60 Å². The van der Waals surface area contributed by atoms with Gasteiger partial charge in [-0.05, 0) is 39.3 Å². The van der Waals surface area contributed by atoms with E-state index in [1.165, 1.54) is 6.92 Å². The summed E-state index contributed by atoms with van der Waals surface area (Å²) < 4.78 is 22.9. The quantitative estimate of drug-likeness (QED) is 0.410. The van der Waals surface area contributed by atoms with Gasteiger partial charge >= 0.3 is 7.60 Å². The zero-order valence-corrected chi connectivity index (χ0v) is 14.5. The molecule has 0 aromatic heterocycles. The number of hydrogen-bond donors (Lipinski definition) is 2. The second kappa shape index (κ2) is 8.32. The van der Waals surface area contributed by atoms with Gasteiger partial charge in [-0.3, -0.25) is 9.36 Å². The minimum absolute atomic E-state index is 0.0881. The second-order valence-corrected chi connectivity index (χ2v) is 7.06. The molecular weight excluding hydrogens is 303 g/mol. The minimum atomic E-state index is -3.09. The van der Waals surface area contributed by atoms with E-state index in [0.717, 1.165) is 5.56 Å². The summed E-state index contributed by atoms with van der Waals surface area (Å²) in [6.07, 6.45) is 0.234. The van der Waals surface area contributed by atoms with Crippen molar-refractivity contribution in [1.29, 1.82) is 0 Å². The number of carbonyl (C=O) groups excluding carboxylic acids is 1. The lowest BCUT2D eigenvalue weighted by molar-refractivity contribution is 0.101. The number of hydrogen-bond acceptors (Lipinski definition) is 6. The van der Waals surface area contributed by atoms with E-state index >= 15 is 0 Å². The van der Waals surface area contributed by atoms with E-state index in [0.29, 0.717) is 36.7 Å². The van der Waals surface area contributed by atoms with Crippen molar-refractivity contribution in [3.05, 3.63) is 23.3 Å². The highest BCUT2D eigenvalue weighted by Crippen LogP contribution is 2.47. The first kappa shape index (κ1) is 18.7. The molecule has 0 aliphatic rings. The van der Waals surface area contributed by atoms with E-state index in [1.54, 1.807) is 19.9 Å². The third-order valence-corrected chi connectivity index (χ3v) is 5.25. The Labute approximate surface area is 131 Å². The first-order chi connectivity index (χ1) is 10.3. The van der Waals surface area contributed by atoms with Crippen molar-refractivity contribution in [2.75, 3.05) is 37.0 Å². The normalized spacial score (nSPS) is 11.5. The Morgan fingerprint density at radius 3 is 2.36 bits per heavy atom. The summed E-state index contributed by atoms with van der Waals surface area (Å²) in [5.74, 6) is -0.0881. The van der Waals surface area contributed by atoms with Crippen LogP contribution in [0.15, 0.2) is 12.1 Å². The molecule has 0 fully saturated rings. The Morgan fingerprint density at radius 1 is 1.27 bits per heavy atom. The van der Waals surface area contributed by atoms with E-state index in [-0.39, 0.29) is 11.9 Å². The lowest BCUT2D eigenvalue weighted by atomic mass is 10.0. The molecule has 0 aliphatic carbocycles. The Kier molecular flexibility index (Phi) is 7.07. The first-order valence-corrected chi connectivity index (χ1v) is 9.09. The Hall–Kier alpha value is -1.36. The molecule has 3 N–H and O–H groups in total. The van der Waals surface area contributed by atoms with Crippen LogP contribution in [0.4, 0.5) is 11.4 Å². The lowest BCUT2D eigenvalue weighted by Gasteiger charge is -2.19. The number of nitrogens with one attached hydrogen (secondary N) is 1. The van der Waals surface area contributed by atoms with Crippen LogP contribution in [-0.2, 0) is 13.6 Å². The molecule has 0 unspecified atom stereocenters. The molecule has 22 heavy (non-hydrogen) atoms. The molecule has 124 valence electrons. The van der Waals surface area contributed by atoms with Crippen LogP contribution in [0.25, 0.3) is 0 Å². The van der Waals surface area contributed by atoms with Gasteiger partial charge in [-0.1, -0.05) is 6.07 Å². The van der Waals surface area contributed by atoms with E-state index in [1.807, 2.05) is 13.0 Å². The highest BCUT2D eigenvalue weighted by molar-refractivity contribution is 7.53. The van der Waals surface area contributed by atoms with Gasteiger partial charge in [0.2, 0.25) is 0 Å². The topological polar surface area (TPSA) is 90.7 Å². The van der Waals surface area contributed by atoms with Gasteiger partial charge in [-0.25, -0.2) is 0 Å². The van der Waals surface area contributed by atoms with Crippen LogP contribution in [0.1, 0.15) is 36.7 Å². The van der Waals surface area contributed by atoms with Gasteiger partial charge in [0, 0.05) is 12.1 Å². The van der Waals surface area contributed by atoms with Gasteiger partial charge < -0.3 is 20.1 Å². The van der Waals surface area contributed by atoms with Crippen molar-refractivity contribution in [2.45, 2.75) is 27.7 Å². The fraction of sp³-hybridized carbons (Fsp3) is 0.533. The Bertz CT molecular complexity index is 565. The molecule has 7 heteroatoms. The number of carbonyl (C=O) groups is 1. The van der Waals surface area contributed by atoms with Crippen LogP contribution in [0.2, 0.25) is 0 Å².